The van der Waals surface area contributed by atoms with Crippen molar-refractivity contribution in [2.24, 2.45) is 0 Å². The fraction of sp³-hybridized carbons (Fsp3) is 0.444. The Morgan fingerprint density at radius 2 is 1.97 bits per heavy atom. The molecular formula is C18H23ClN4O3S3. The number of hydrogen-bond acceptors (Lipinski definition) is 7. The molecule has 2 heterocycles. The van der Waals surface area contributed by atoms with Crippen LogP contribution >= 0.6 is 34.7 Å². The summed E-state index contributed by atoms with van der Waals surface area (Å²) < 4.78 is 28.1. The zero-order chi connectivity index (χ0) is 20.9. The standard InChI is InChI=1S/C18H23ClN4O3S3/c1-27-12-6-16(21-29(25,26)15-4-2-14(19)3-5-15)17(24)22-8-10-23(11-9-22)18-20-7-13-28-18/h2-5,7,13,16,21H,6,8-12H2,1H3. The quantitative estimate of drug-likeness (QED) is 0.633. The van der Waals surface area contributed by atoms with Crippen LogP contribution in [0.5, 0.6) is 0 Å². The van der Waals surface area contributed by atoms with Crippen LogP contribution in [0.15, 0.2) is 40.7 Å². The summed E-state index contributed by atoms with van der Waals surface area (Å²) in [6, 6.07) is 5.12. The van der Waals surface area contributed by atoms with Crippen molar-refractivity contribution in [3.8, 4) is 0 Å². The Kier molecular flexibility index (Phi) is 7.80. The Bertz CT molecular complexity index is 899. The molecule has 1 unspecified atom stereocenters. The molecule has 0 saturated carbocycles. The summed E-state index contributed by atoms with van der Waals surface area (Å²) in [6.07, 6.45) is 4.13. The minimum absolute atomic E-state index is 0.0949. The number of carbonyl (C=O) groups excluding carboxylic acids is 1. The summed E-state index contributed by atoms with van der Waals surface area (Å²) in [6.45, 7) is 2.44. The van der Waals surface area contributed by atoms with Gasteiger partial charge in [0.15, 0.2) is 5.13 Å². The predicted octanol–water partition coefficient (Wildman–Crippen LogP) is 2.55. The number of carbonyl (C=O) groups is 1. The van der Waals surface area contributed by atoms with Crippen molar-refractivity contribution in [1.82, 2.24) is 14.6 Å². The van der Waals surface area contributed by atoms with Crippen LogP contribution in [0, 0.1) is 0 Å². The molecule has 29 heavy (non-hydrogen) atoms. The third-order valence-electron chi connectivity index (χ3n) is 4.61. The molecular weight excluding hydrogens is 452 g/mol. The molecule has 0 bridgehead atoms. The lowest BCUT2D eigenvalue weighted by atomic mass is 10.2. The van der Waals surface area contributed by atoms with Crippen LogP contribution in [0.25, 0.3) is 0 Å². The number of benzene rings is 1. The largest absolute Gasteiger partial charge is 0.345 e. The first-order valence-corrected chi connectivity index (χ1v) is 13.2. The smallest absolute Gasteiger partial charge is 0.241 e. The van der Waals surface area contributed by atoms with Gasteiger partial charge < -0.3 is 9.80 Å². The molecule has 11 heteroatoms. The first kappa shape index (κ1) is 22.4. The minimum Gasteiger partial charge on any atom is -0.345 e. The number of thioether (sulfide) groups is 1. The third-order valence-corrected chi connectivity index (χ3v) is 7.83. The van der Waals surface area contributed by atoms with E-state index in [1.54, 1.807) is 34.2 Å². The van der Waals surface area contributed by atoms with Gasteiger partial charge in [-0.05, 0) is 42.7 Å². The van der Waals surface area contributed by atoms with Gasteiger partial charge in [0.05, 0.1) is 4.90 Å². The minimum atomic E-state index is -3.82. The molecule has 0 spiro atoms. The highest BCUT2D eigenvalue weighted by Crippen LogP contribution is 2.20. The molecule has 1 atom stereocenters. The van der Waals surface area contributed by atoms with Gasteiger partial charge in [-0.2, -0.15) is 16.5 Å². The number of piperazine rings is 1. The zero-order valence-corrected chi connectivity index (χ0v) is 19.2. The van der Waals surface area contributed by atoms with Crippen LogP contribution < -0.4 is 9.62 Å². The van der Waals surface area contributed by atoms with E-state index in [2.05, 4.69) is 14.6 Å². The van der Waals surface area contributed by atoms with E-state index in [9.17, 15) is 13.2 Å². The van der Waals surface area contributed by atoms with Crippen LogP contribution in [0.3, 0.4) is 0 Å². The fourth-order valence-corrected chi connectivity index (χ4v) is 5.57. The van der Waals surface area contributed by atoms with Crippen molar-refractivity contribution in [2.45, 2.75) is 17.4 Å². The maximum atomic E-state index is 13.1. The van der Waals surface area contributed by atoms with E-state index < -0.39 is 16.1 Å². The molecule has 1 aliphatic rings. The van der Waals surface area contributed by atoms with Crippen LogP contribution in [-0.2, 0) is 14.8 Å². The van der Waals surface area contributed by atoms with Gasteiger partial charge >= 0.3 is 0 Å². The number of aromatic nitrogens is 1. The van der Waals surface area contributed by atoms with Crippen molar-refractivity contribution < 1.29 is 13.2 Å². The Labute approximate surface area is 184 Å². The summed E-state index contributed by atoms with van der Waals surface area (Å²) in [4.78, 5) is 21.4. The van der Waals surface area contributed by atoms with Gasteiger partial charge in [0, 0.05) is 42.8 Å². The normalized spacial score (nSPS) is 16.1. The number of rotatable bonds is 8. The van der Waals surface area contributed by atoms with Gasteiger partial charge in [-0.25, -0.2) is 13.4 Å². The Balaban J connectivity index is 1.67. The van der Waals surface area contributed by atoms with Crippen LogP contribution in [0.4, 0.5) is 5.13 Å². The van der Waals surface area contributed by atoms with Crippen molar-refractivity contribution in [2.75, 3.05) is 43.1 Å². The summed E-state index contributed by atoms with van der Waals surface area (Å²) in [7, 11) is -3.82. The summed E-state index contributed by atoms with van der Waals surface area (Å²) >= 11 is 9.00. The SMILES string of the molecule is CSCCC(NS(=O)(=O)c1ccc(Cl)cc1)C(=O)N1CCN(c2nccs2)CC1. The van der Waals surface area contributed by atoms with E-state index in [4.69, 9.17) is 11.6 Å². The molecule has 0 aliphatic carbocycles. The number of anilines is 1. The van der Waals surface area contributed by atoms with E-state index in [0.29, 0.717) is 43.4 Å². The number of thiazole rings is 1. The van der Waals surface area contributed by atoms with Gasteiger partial charge in [-0.15, -0.1) is 11.3 Å². The van der Waals surface area contributed by atoms with Gasteiger partial charge in [-0.3, -0.25) is 4.79 Å². The number of amides is 1. The van der Waals surface area contributed by atoms with Gasteiger partial charge in [0.2, 0.25) is 15.9 Å². The van der Waals surface area contributed by atoms with E-state index in [1.807, 2.05) is 11.6 Å². The fourth-order valence-electron chi connectivity index (χ4n) is 3.05. The lowest BCUT2D eigenvalue weighted by molar-refractivity contribution is -0.133. The average Bonchev–Trinajstić information content (AvgIpc) is 3.26. The Morgan fingerprint density at radius 3 is 2.55 bits per heavy atom. The second-order valence-electron chi connectivity index (χ2n) is 6.54. The average molecular weight is 475 g/mol. The number of sulfonamides is 1. The molecule has 1 N–H and O–H groups in total. The van der Waals surface area contributed by atoms with Crippen molar-refractivity contribution in [1.29, 1.82) is 0 Å². The third kappa shape index (κ3) is 5.85. The highest BCUT2D eigenvalue weighted by atomic mass is 35.5. The molecule has 0 radical (unpaired) electrons. The number of nitrogens with one attached hydrogen (secondary N) is 1. The van der Waals surface area contributed by atoms with Crippen molar-refractivity contribution in [3.63, 3.8) is 0 Å². The molecule has 7 nitrogen and oxygen atoms in total. The molecule has 1 aromatic carbocycles. The summed E-state index contributed by atoms with van der Waals surface area (Å²) in [5, 5.41) is 3.33. The highest BCUT2D eigenvalue weighted by molar-refractivity contribution is 7.98. The summed E-state index contributed by atoms with van der Waals surface area (Å²) in [5.41, 5.74) is 0. The van der Waals surface area contributed by atoms with E-state index in [-0.39, 0.29) is 10.8 Å². The number of halogens is 1. The van der Waals surface area contributed by atoms with Gasteiger partial charge in [-0.1, -0.05) is 11.6 Å². The highest BCUT2D eigenvalue weighted by Gasteiger charge is 2.31. The molecule has 2 aromatic rings. The first-order chi connectivity index (χ1) is 13.9. The lowest BCUT2D eigenvalue weighted by Crippen LogP contribution is -2.55. The molecule has 1 saturated heterocycles. The maximum absolute atomic E-state index is 13.1. The van der Waals surface area contributed by atoms with Crippen molar-refractivity contribution >= 4 is 55.8 Å². The second kappa shape index (κ2) is 10.1. The van der Waals surface area contributed by atoms with Crippen LogP contribution in [0.2, 0.25) is 5.02 Å². The predicted molar refractivity (Wildman–Crippen MR) is 119 cm³/mol. The Morgan fingerprint density at radius 1 is 1.28 bits per heavy atom. The topological polar surface area (TPSA) is 82.6 Å². The maximum Gasteiger partial charge on any atom is 0.241 e. The van der Waals surface area contributed by atoms with Gasteiger partial charge in [0.1, 0.15) is 6.04 Å². The van der Waals surface area contributed by atoms with Crippen LogP contribution in [-0.4, -0.2) is 68.4 Å². The summed E-state index contributed by atoms with van der Waals surface area (Å²) in [5.74, 6) is 0.494. The van der Waals surface area contributed by atoms with E-state index >= 15 is 0 Å². The molecule has 158 valence electrons. The first-order valence-electron chi connectivity index (χ1n) is 9.11. The van der Waals surface area contributed by atoms with E-state index in [1.165, 1.54) is 24.3 Å². The lowest BCUT2D eigenvalue weighted by Gasteiger charge is -2.36. The number of nitrogens with zero attached hydrogens (tertiary/aromatic N) is 3. The van der Waals surface area contributed by atoms with Crippen molar-refractivity contribution in [3.05, 3.63) is 40.9 Å². The second-order valence-corrected chi connectivity index (χ2v) is 10.5. The molecule has 1 amide bonds. The van der Waals surface area contributed by atoms with E-state index in [0.717, 1.165) is 5.13 Å². The Hall–Kier alpha value is -1.33. The zero-order valence-electron chi connectivity index (χ0n) is 16.0. The van der Waals surface area contributed by atoms with Gasteiger partial charge in [0.25, 0.3) is 0 Å². The number of hydrogen-bond donors (Lipinski definition) is 1. The molecule has 1 aromatic heterocycles. The van der Waals surface area contributed by atoms with Crippen LogP contribution in [0.1, 0.15) is 6.42 Å². The molecule has 1 aliphatic heterocycles. The molecule has 3 rings (SSSR count). The monoisotopic (exact) mass is 474 g/mol. The molecule has 1 fully saturated rings.